The van der Waals surface area contributed by atoms with E-state index in [0.29, 0.717) is 42.5 Å². The van der Waals surface area contributed by atoms with Gasteiger partial charge in [0.2, 0.25) is 11.7 Å². The molecule has 3 N–H and O–H groups in total. The molecule has 2 aliphatic heterocycles. The molecule has 3 aromatic carbocycles. The summed E-state index contributed by atoms with van der Waals surface area (Å²) >= 11 is 6.46. The van der Waals surface area contributed by atoms with Gasteiger partial charge in [-0.3, -0.25) is 19.7 Å². The van der Waals surface area contributed by atoms with Crippen LogP contribution < -0.4 is 10.1 Å². The molecule has 3 atom stereocenters. The van der Waals surface area contributed by atoms with E-state index in [1.165, 1.54) is 0 Å². The molecule has 2 heterocycles. The maximum atomic E-state index is 14.2. The molecular weight excluding hydrogens is 687 g/mol. The van der Waals surface area contributed by atoms with Crippen molar-refractivity contribution in [2.24, 2.45) is 0 Å². The van der Waals surface area contributed by atoms with Crippen molar-refractivity contribution in [2.75, 3.05) is 19.7 Å². The van der Waals surface area contributed by atoms with Crippen molar-refractivity contribution >= 4 is 29.4 Å². The lowest BCUT2D eigenvalue weighted by Crippen LogP contribution is -2.67. The molecule has 3 aromatic rings. The van der Waals surface area contributed by atoms with Crippen molar-refractivity contribution in [3.8, 4) is 5.75 Å². The Bertz CT molecular complexity index is 1820. The fourth-order valence-corrected chi connectivity index (χ4v) is 7.09. The summed E-state index contributed by atoms with van der Waals surface area (Å²) in [6.07, 6.45) is 2.73. The van der Waals surface area contributed by atoms with E-state index >= 15 is 0 Å². The van der Waals surface area contributed by atoms with Crippen LogP contribution in [0.4, 0.5) is 13.2 Å². The number of benzene rings is 3. The Morgan fingerprint density at radius 3 is 2.45 bits per heavy atom. The van der Waals surface area contributed by atoms with Gasteiger partial charge in [0.25, 0.3) is 5.91 Å². The number of rotatable bonds is 14. The molecule has 0 aromatic heterocycles. The zero-order chi connectivity index (χ0) is 36.3. The highest BCUT2D eigenvalue weighted by Gasteiger charge is 2.48. The van der Waals surface area contributed by atoms with Crippen LogP contribution in [0.5, 0.6) is 5.75 Å². The van der Waals surface area contributed by atoms with Gasteiger partial charge in [-0.05, 0) is 67.0 Å². The molecule has 1 saturated heterocycles. The van der Waals surface area contributed by atoms with E-state index in [-0.39, 0.29) is 38.1 Å². The van der Waals surface area contributed by atoms with Crippen LogP contribution in [0.1, 0.15) is 55.2 Å². The number of carboxylic acid groups (broad SMARTS) is 1. The third-order valence-corrected chi connectivity index (χ3v) is 10.1. The second-order valence-electron chi connectivity index (χ2n) is 13.4. The Hall–Kier alpha value is -4.39. The maximum absolute atomic E-state index is 14.2. The first kappa shape index (κ1) is 36.4. The van der Waals surface area contributed by atoms with Gasteiger partial charge in [0.1, 0.15) is 0 Å². The van der Waals surface area contributed by atoms with Crippen LogP contribution in [-0.2, 0) is 32.9 Å². The molecule has 2 bridgehead atoms. The van der Waals surface area contributed by atoms with Crippen molar-refractivity contribution in [1.82, 2.24) is 15.1 Å². The minimum Gasteiger partial charge on any atom is -0.488 e. The Morgan fingerprint density at radius 1 is 1.02 bits per heavy atom. The Morgan fingerprint density at radius 2 is 1.75 bits per heavy atom. The number of halogens is 4. The number of nitrogens with one attached hydrogen (secondary N) is 1. The number of amides is 2. The summed E-state index contributed by atoms with van der Waals surface area (Å²) in [5.41, 5.74) is 2.37. The molecule has 1 aliphatic carbocycles. The van der Waals surface area contributed by atoms with Crippen LogP contribution in [0.15, 0.2) is 72.3 Å². The van der Waals surface area contributed by atoms with E-state index < -0.39 is 59.2 Å². The number of aliphatic hydroxyl groups is 1. The lowest BCUT2D eigenvalue weighted by atomic mass is 9.77. The minimum atomic E-state index is -1.37. The number of carbonyl (C=O) groups is 3. The minimum absolute atomic E-state index is 0.0348. The topological polar surface area (TPSA) is 119 Å². The average Bonchev–Trinajstić information content (AvgIpc) is 3.94. The van der Waals surface area contributed by atoms with E-state index in [2.05, 4.69) is 5.32 Å². The SMILES string of the molecule is O=C(O)C[C@H](O)CC(=O)N1C[C@H]2N[C@@](c3ccc(CCCOc4c(F)ccc(F)c4F)cc3)(CC=C2C(=O)N(Cc2ccccc2Cl)C2CC2)C1. The van der Waals surface area contributed by atoms with Crippen molar-refractivity contribution < 1.29 is 42.5 Å². The van der Waals surface area contributed by atoms with Crippen LogP contribution in [0, 0.1) is 17.5 Å². The summed E-state index contributed by atoms with van der Waals surface area (Å²) in [6.45, 7) is 0.700. The third kappa shape index (κ3) is 8.40. The van der Waals surface area contributed by atoms with Crippen molar-refractivity contribution in [1.29, 1.82) is 0 Å². The predicted octanol–water partition coefficient (Wildman–Crippen LogP) is 5.51. The number of fused-ring (bicyclic) bond motifs is 2. The summed E-state index contributed by atoms with van der Waals surface area (Å²) in [6, 6.07) is 16.1. The van der Waals surface area contributed by atoms with Gasteiger partial charge in [-0.25, -0.2) is 8.78 Å². The Balaban J connectivity index is 1.20. The highest BCUT2D eigenvalue weighted by molar-refractivity contribution is 6.31. The Labute approximate surface area is 298 Å². The number of carboxylic acids is 1. The van der Waals surface area contributed by atoms with Gasteiger partial charge in [-0.2, -0.15) is 4.39 Å². The van der Waals surface area contributed by atoms with Crippen molar-refractivity contribution in [3.63, 3.8) is 0 Å². The lowest BCUT2D eigenvalue weighted by Gasteiger charge is -2.51. The highest BCUT2D eigenvalue weighted by Crippen LogP contribution is 2.39. The number of piperazine rings is 1. The van der Waals surface area contributed by atoms with Crippen LogP contribution in [0.3, 0.4) is 0 Å². The van der Waals surface area contributed by atoms with Crippen molar-refractivity contribution in [2.45, 2.75) is 75.2 Å². The average molecular weight is 726 g/mol. The fraction of sp³-hybridized carbons (Fsp3) is 0.395. The monoisotopic (exact) mass is 725 g/mol. The number of ether oxygens (including phenoxy) is 1. The summed E-state index contributed by atoms with van der Waals surface area (Å²) in [5.74, 6) is -6.05. The number of nitrogens with zero attached hydrogens (tertiary/aromatic N) is 2. The first-order valence-corrected chi connectivity index (χ1v) is 17.4. The van der Waals surface area contributed by atoms with Crippen LogP contribution in [0.2, 0.25) is 5.02 Å². The van der Waals surface area contributed by atoms with Gasteiger partial charge in [-0.1, -0.05) is 60.1 Å². The van der Waals surface area contributed by atoms with Gasteiger partial charge in [0.05, 0.1) is 37.1 Å². The molecule has 2 fully saturated rings. The van der Waals surface area contributed by atoms with Gasteiger partial charge in [0.15, 0.2) is 17.4 Å². The molecule has 6 rings (SSSR count). The number of aliphatic hydroxyl groups excluding tert-OH is 1. The largest absolute Gasteiger partial charge is 0.488 e. The summed E-state index contributed by atoms with van der Waals surface area (Å²) in [5, 5.41) is 23.6. The van der Waals surface area contributed by atoms with Crippen LogP contribution in [0.25, 0.3) is 0 Å². The number of carbonyl (C=O) groups excluding carboxylic acids is 2. The number of aliphatic carboxylic acids is 1. The van der Waals surface area contributed by atoms with Crippen LogP contribution >= 0.6 is 11.6 Å². The van der Waals surface area contributed by atoms with E-state index in [1.807, 2.05) is 53.4 Å². The molecule has 0 unspecified atom stereocenters. The van der Waals surface area contributed by atoms with Gasteiger partial charge < -0.3 is 24.7 Å². The summed E-state index contributed by atoms with van der Waals surface area (Å²) in [7, 11) is 0. The second kappa shape index (κ2) is 15.5. The zero-order valence-electron chi connectivity index (χ0n) is 27.8. The van der Waals surface area contributed by atoms with E-state index in [0.717, 1.165) is 35.6 Å². The first-order valence-electron chi connectivity index (χ1n) is 17.0. The summed E-state index contributed by atoms with van der Waals surface area (Å²) in [4.78, 5) is 42.3. The normalized spacial score (nSPS) is 20.4. The number of aryl methyl sites for hydroxylation is 1. The molecule has 1 saturated carbocycles. The molecule has 0 spiro atoms. The Kier molecular flexibility index (Phi) is 11.0. The van der Waals surface area contributed by atoms with Crippen LogP contribution in [-0.4, -0.2) is 75.7 Å². The molecule has 270 valence electrons. The summed E-state index contributed by atoms with van der Waals surface area (Å²) < 4.78 is 46.5. The van der Waals surface area contributed by atoms with E-state index in [4.69, 9.17) is 21.4 Å². The quantitative estimate of drug-likeness (QED) is 0.148. The second-order valence-corrected chi connectivity index (χ2v) is 13.9. The molecule has 3 aliphatic rings. The van der Waals surface area contributed by atoms with Gasteiger partial charge in [-0.15, -0.1) is 0 Å². The molecule has 9 nitrogen and oxygen atoms in total. The lowest BCUT2D eigenvalue weighted by molar-refractivity contribution is -0.142. The molecule has 2 amide bonds. The highest BCUT2D eigenvalue weighted by atomic mass is 35.5. The molecule has 51 heavy (non-hydrogen) atoms. The molecule has 13 heteroatoms. The van der Waals surface area contributed by atoms with Crippen molar-refractivity contribution in [3.05, 3.63) is 111 Å². The first-order chi connectivity index (χ1) is 24.4. The predicted molar refractivity (Wildman–Crippen MR) is 182 cm³/mol. The standard InChI is InChI=1S/C38H39ClF3N3O6/c39-29-6-2-1-5-24(29)20-45(26-11-12-26)37(50)28-15-16-38(22-44(21-32(28)43-38)33(47)18-27(46)19-34(48)49)25-9-7-23(8-10-25)4-3-17-51-36-31(41)14-13-30(40)35(36)42/h1-2,5-10,13-15,26-27,32,43,46H,3-4,11-12,16-22H2,(H,48,49)/t27-,32-,38+/m1/s1. The fourth-order valence-electron chi connectivity index (χ4n) is 6.90. The van der Waals surface area contributed by atoms with Gasteiger partial charge >= 0.3 is 5.97 Å². The van der Waals surface area contributed by atoms with E-state index in [9.17, 15) is 32.7 Å². The van der Waals surface area contributed by atoms with Gasteiger partial charge in [0, 0.05) is 36.3 Å². The van der Waals surface area contributed by atoms with E-state index in [1.54, 1.807) is 11.0 Å². The smallest absolute Gasteiger partial charge is 0.305 e. The molecule has 0 radical (unpaired) electrons. The molecular formula is C38H39ClF3N3O6. The number of hydrogen-bond donors (Lipinski definition) is 3. The third-order valence-electron chi connectivity index (χ3n) is 9.69. The number of hydrogen-bond acceptors (Lipinski definition) is 6. The zero-order valence-corrected chi connectivity index (χ0v) is 28.6. The maximum Gasteiger partial charge on any atom is 0.305 e.